The minimum Gasteiger partial charge on any atom is -0.496 e. The molecule has 156 valence electrons. The number of aromatic nitrogens is 1. The van der Waals surface area contributed by atoms with Gasteiger partial charge in [0, 0.05) is 23.1 Å². The number of aryl methyl sites for hydroxylation is 1. The van der Waals surface area contributed by atoms with Crippen molar-refractivity contribution in [2.24, 2.45) is 0 Å². The molecule has 0 N–H and O–H groups in total. The van der Waals surface area contributed by atoms with E-state index in [-0.39, 0.29) is 5.91 Å². The molecule has 0 atom stereocenters. The molecule has 0 unspecified atom stereocenters. The minimum atomic E-state index is 0.0402. The third kappa shape index (κ3) is 4.11. The molecule has 1 aromatic heterocycles. The molecule has 0 aliphatic carbocycles. The van der Waals surface area contributed by atoms with E-state index in [1.54, 1.807) is 25.6 Å². The minimum absolute atomic E-state index is 0.0402. The lowest BCUT2D eigenvalue weighted by molar-refractivity contribution is -0.131. The maximum atomic E-state index is 12.9. The van der Waals surface area contributed by atoms with E-state index >= 15 is 0 Å². The number of rotatable bonds is 5. The number of carbonyl (C=O) groups is 1. The zero-order chi connectivity index (χ0) is 21.1. The van der Waals surface area contributed by atoms with Crippen LogP contribution in [0.25, 0.3) is 11.1 Å². The lowest BCUT2D eigenvalue weighted by Crippen LogP contribution is -2.33. The van der Waals surface area contributed by atoms with E-state index in [1.165, 1.54) is 0 Å². The number of hydrogen-bond acceptors (Lipinski definition) is 6. The van der Waals surface area contributed by atoms with E-state index in [9.17, 15) is 4.79 Å². The van der Waals surface area contributed by atoms with E-state index in [0.29, 0.717) is 37.6 Å². The number of fused-ring (bicyclic) bond motifs is 1. The van der Waals surface area contributed by atoms with Gasteiger partial charge in [0.2, 0.25) is 5.91 Å². The highest BCUT2D eigenvalue weighted by atomic mass is 32.1. The van der Waals surface area contributed by atoms with Gasteiger partial charge in [-0.05, 0) is 30.7 Å². The van der Waals surface area contributed by atoms with Crippen molar-refractivity contribution in [2.75, 3.05) is 27.4 Å². The summed E-state index contributed by atoms with van der Waals surface area (Å²) in [6.45, 7) is 3.33. The molecular formula is C23H24N2O4S. The summed E-state index contributed by atoms with van der Waals surface area (Å²) in [4.78, 5) is 19.2. The maximum Gasteiger partial charge on any atom is 0.229 e. The Bertz CT molecular complexity index is 1060. The monoisotopic (exact) mass is 424 g/mol. The van der Waals surface area contributed by atoms with Crippen molar-refractivity contribution in [2.45, 2.75) is 19.9 Å². The molecule has 0 fully saturated rings. The largest absolute Gasteiger partial charge is 0.496 e. The summed E-state index contributed by atoms with van der Waals surface area (Å²) in [6.07, 6.45) is 0.295. The van der Waals surface area contributed by atoms with Gasteiger partial charge in [-0.1, -0.05) is 18.2 Å². The summed E-state index contributed by atoms with van der Waals surface area (Å²) < 4.78 is 17.1. The molecule has 3 aromatic rings. The Kier molecular flexibility index (Phi) is 5.90. The van der Waals surface area contributed by atoms with Crippen LogP contribution in [0.1, 0.15) is 16.3 Å². The van der Waals surface area contributed by atoms with Crippen molar-refractivity contribution < 1.29 is 19.0 Å². The summed E-state index contributed by atoms with van der Waals surface area (Å²) in [5, 5.41) is 2.91. The lowest BCUT2D eigenvalue weighted by atomic mass is 10.0. The molecule has 4 rings (SSSR count). The molecule has 0 radical (unpaired) electrons. The van der Waals surface area contributed by atoms with Crippen LogP contribution in [0.15, 0.2) is 41.8 Å². The van der Waals surface area contributed by atoms with Crippen LogP contribution in [0.2, 0.25) is 0 Å². The summed E-state index contributed by atoms with van der Waals surface area (Å²) in [6, 6.07) is 11.8. The normalized spacial score (nSPS) is 13.2. The second-order valence-corrected chi connectivity index (χ2v) is 8.13. The molecular weight excluding hydrogens is 400 g/mol. The first-order valence-corrected chi connectivity index (χ1v) is 10.6. The molecule has 1 aliphatic rings. The fourth-order valence-electron chi connectivity index (χ4n) is 3.64. The maximum absolute atomic E-state index is 12.9. The van der Waals surface area contributed by atoms with Gasteiger partial charge in [0.05, 0.1) is 37.9 Å². The second-order valence-electron chi connectivity index (χ2n) is 7.07. The smallest absolute Gasteiger partial charge is 0.229 e. The van der Waals surface area contributed by atoms with E-state index in [1.807, 2.05) is 53.6 Å². The third-order valence-corrected chi connectivity index (χ3v) is 5.91. The van der Waals surface area contributed by atoms with Gasteiger partial charge >= 0.3 is 0 Å². The molecule has 1 aliphatic heterocycles. The van der Waals surface area contributed by atoms with Gasteiger partial charge in [0.15, 0.2) is 11.5 Å². The van der Waals surface area contributed by atoms with E-state index in [0.717, 1.165) is 33.1 Å². The first-order chi connectivity index (χ1) is 14.6. The van der Waals surface area contributed by atoms with Gasteiger partial charge in [0.25, 0.3) is 0 Å². The van der Waals surface area contributed by atoms with Crippen molar-refractivity contribution in [1.82, 2.24) is 9.88 Å². The summed E-state index contributed by atoms with van der Waals surface area (Å²) >= 11 is 1.56. The molecule has 1 amide bonds. The van der Waals surface area contributed by atoms with Crippen molar-refractivity contribution in [3.8, 4) is 28.4 Å². The predicted octanol–water partition coefficient (Wildman–Crippen LogP) is 4.10. The zero-order valence-electron chi connectivity index (χ0n) is 17.3. The number of hydrogen-bond donors (Lipinski definition) is 0. The topological polar surface area (TPSA) is 60.9 Å². The van der Waals surface area contributed by atoms with Crippen LogP contribution in [0.4, 0.5) is 0 Å². The van der Waals surface area contributed by atoms with Crippen LogP contribution in [0.5, 0.6) is 17.2 Å². The SMILES string of the molecule is COc1ccccc1-c1cc2c(c(OC)c1)OCCN(C(=O)Cc1csc(C)n1)C2. The highest BCUT2D eigenvalue weighted by Crippen LogP contribution is 2.40. The quantitative estimate of drug-likeness (QED) is 0.617. The molecule has 0 saturated heterocycles. The number of amides is 1. The van der Waals surface area contributed by atoms with Gasteiger partial charge in [0.1, 0.15) is 12.4 Å². The molecule has 2 heterocycles. The summed E-state index contributed by atoms with van der Waals surface area (Å²) in [5.41, 5.74) is 3.64. The Labute approximate surface area is 180 Å². The van der Waals surface area contributed by atoms with Gasteiger partial charge in [-0.2, -0.15) is 0 Å². The standard InChI is InChI=1S/C23H24N2O4S/c1-15-24-18(14-30-15)12-22(26)25-8-9-29-23-17(13-25)10-16(11-21(23)28-3)19-6-4-5-7-20(19)27-2/h4-7,10-11,14H,8-9,12-13H2,1-3H3. The third-order valence-electron chi connectivity index (χ3n) is 5.09. The summed E-state index contributed by atoms with van der Waals surface area (Å²) in [5.74, 6) is 2.16. The highest BCUT2D eigenvalue weighted by molar-refractivity contribution is 7.09. The van der Waals surface area contributed by atoms with Crippen molar-refractivity contribution in [3.63, 3.8) is 0 Å². The molecule has 6 nitrogen and oxygen atoms in total. The number of carbonyl (C=O) groups excluding carboxylic acids is 1. The predicted molar refractivity (Wildman–Crippen MR) is 116 cm³/mol. The number of thiazole rings is 1. The number of ether oxygens (including phenoxy) is 3. The van der Waals surface area contributed by atoms with Crippen LogP contribution in [-0.2, 0) is 17.8 Å². The van der Waals surface area contributed by atoms with Crippen molar-refractivity contribution in [1.29, 1.82) is 0 Å². The molecule has 30 heavy (non-hydrogen) atoms. The molecule has 2 aromatic carbocycles. The van der Waals surface area contributed by atoms with Gasteiger partial charge < -0.3 is 19.1 Å². The second kappa shape index (κ2) is 8.75. The van der Waals surface area contributed by atoms with Crippen LogP contribution in [0, 0.1) is 6.92 Å². The van der Waals surface area contributed by atoms with Crippen LogP contribution in [0.3, 0.4) is 0 Å². The Morgan fingerprint density at radius 2 is 2.00 bits per heavy atom. The number of methoxy groups -OCH3 is 2. The zero-order valence-corrected chi connectivity index (χ0v) is 18.1. The Morgan fingerprint density at radius 3 is 2.73 bits per heavy atom. The fraction of sp³-hybridized carbons (Fsp3) is 0.304. The Balaban J connectivity index is 1.67. The van der Waals surface area contributed by atoms with Crippen LogP contribution < -0.4 is 14.2 Å². The average Bonchev–Trinajstić information content (AvgIpc) is 3.04. The summed E-state index contributed by atoms with van der Waals surface area (Å²) in [7, 11) is 3.28. The lowest BCUT2D eigenvalue weighted by Gasteiger charge is -2.20. The molecule has 0 bridgehead atoms. The number of benzene rings is 2. The molecule has 0 saturated carbocycles. The Hall–Kier alpha value is -3.06. The van der Waals surface area contributed by atoms with Crippen molar-refractivity contribution in [3.05, 3.63) is 58.0 Å². The Morgan fingerprint density at radius 1 is 1.20 bits per heavy atom. The van der Waals surface area contributed by atoms with Gasteiger partial charge in [-0.3, -0.25) is 4.79 Å². The number of nitrogens with zero attached hydrogens (tertiary/aromatic N) is 2. The van der Waals surface area contributed by atoms with Gasteiger partial charge in [-0.15, -0.1) is 11.3 Å². The first-order valence-electron chi connectivity index (χ1n) is 9.75. The molecule has 7 heteroatoms. The van der Waals surface area contributed by atoms with Crippen LogP contribution in [-0.4, -0.2) is 43.2 Å². The first kappa shape index (κ1) is 20.2. The fourth-order valence-corrected chi connectivity index (χ4v) is 4.26. The van der Waals surface area contributed by atoms with Crippen molar-refractivity contribution >= 4 is 17.2 Å². The highest BCUT2D eigenvalue weighted by Gasteiger charge is 2.24. The number of para-hydroxylation sites is 1. The van der Waals surface area contributed by atoms with E-state index in [4.69, 9.17) is 14.2 Å². The van der Waals surface area contributed by atoms with E-state index < -0.39 is 0 Å². The average molecular weight is 425 g/mol. The van der Waals surface area contributed by atoms with E-state index in [2.05, 4.69) is 4.98 Å². The van der Waals surface area contributed by atoms with Gasteiger partial charge in [-0.25, -0.2) is 4.98 Å². The molecule has 0 spiro atoms. The van der Waals surface area contributed by atoms with Crippen LogP contribution >= 0.6 is 11.3 Å².